The molecule has 0 saturated heterocycles. The van der Waals surface area contributed by atoms with Crippen LogP contribution >= 0.6 is 0 Å². The molecule has 0 radical (unpaired) electrons. The average Bonchev–Trinajstić information content (AvgIpc) is 3.58. The number of rotatable bonds is 2. The molecule has 340 valence electrons. The lowest BCUT2D eigenvalue weighted by molar-refractivity contribution is 0.331. The van der Waals surface area contributed by atoms with E-state index in [2.05, 4.69) is 207 Å². The Balaban J connectivity index is 1.36. The number of nitrogens with zero attached hydrogens (tertiary/aromatic N) is 2. The topological polar surface area (TPSA) is 19.6 Å². The lowest BCUT2D eigenvalue weighted by Crippen LogP contribution is -2.62. The molecule has 4 aromatic carbocycles. The second-order valence-corrected chi connectivity index (χ2v) is 26.8. The van der Waals surface area contributed by atoms with Crippen molar-refractivity contribution in [3.05, 3.63) is 117 Å². The Hall–Kier alpha value is -4.44. The number of aryl methyl sites for hydroxylation is 1. The average molecular weight is 865 g/mol. The number of allylic oxidation sites excluding steroid dienone is 2. The molecule has 0 fully saturated rings. The SMILES string of the molecule is Cc1cc2c(cc1N1c3cc4c(cc3B3c5oc6ccc(C(C)(C)C)cc6c5N(C5C=CC(C(C)(C)C)=CC5)c5cc(C(C)(C)C)cc1c53)C(C)(C)CCC4(C)C)C(C)(C)CCC2(C)C. The summed E-state index contributed by atoms with van der Waals surface area (Å²) in [6.45, 7) is 43.3. The third kappa shape index (κ3) is 6.78. The largest absolute Gasteiger partial charge is 0.468 e. The first kappa shape index (κ1) is 44.4. The van der Waals surface area contributed by atoms with Gasteiger partial charge < -0.3 is 14.2 Å². The molecule has 1 aromatic heterocycles. The summed E-state index contributed by atoms with van der Waals surface area (Å²) in [4.78, 5) is 5.47. The fourth-order valence-corrected chi connectivity index (χ4v) is 12.4. The van der Waals surface area contributed by atoms with E-state index in [1.165, 1.54) is 115 Å². The molecule has 4 heteroatoms. The van der Waals surface area contributed by atoms with E-state index in [9.17, 15) is 0 Å². The molecule has 65 heavy (non-hydrogen) atoms. The van der Waals surface area contributed by atoms with E-state index in [0.29, 0.717) is 0 Å². The van der Waals surface area contributed by atoms with Gasteiger partial charge in [0.2, 0.25) is 0 Å². The quantitative estimate of drug-likeness (QED) is 0.162. The second kappa shape index (κ2) is 13.8. The molecule has 0 spiro atoms. The van der Waals surface area contributed by atoms with E-state index >= 15 is 0 Å². The summed E-state index contributed by atoms with van der Waals surface area (Å²) in [5, 5.41) is 1.22. The molecule has 0 N–H and O–H groups in total. The zero-order valence-corrected chi connectivity index (χ0v) is 43.4. The Morgan fingerprint density at radius 2 is 1.12 bits per heavy atom. The number of benzene rings is 4. The van der Waals surface area contributed by atoms with Crippen LogP contribution in [0.2, 0.25) is 0 Å². The molecule has 3 aliphatic carbocycles. The minimum absolute atomic E-state index is 0.0106. The zero-order chi connectivity index (χ0) is 46.9. The lowest BCUT2D eigenvalue weighted by Gasteiger charge is -2.48. The van der Waals surface area contributed by atoms with Gasteiger partial charge in [-0.05, 0) is 169 Å². The molecule has 1 atom stereocenters. The van der Waals surface area contributed by atoms with Gasteiger partial charge in [-0.25, -0.2) is 0 Å². The molecule has 5 aliphatic rings. The molecule has 3 heterocycles. The van der Waals surface area contributed by atoms with Crippen LogP contribution in [-0.4, -0.2) is 12.8 Å². The van der Waals surface area contributed by atoms with Crippen molar-refractivity contribution in [2.75, 3.05) is 9.80 Å². The first-order valence-corrected chi connectivity index (χ1v) is 25.1. The van der Waals surface area contributed by atoms with Gasteiger partial charge in [-0.3, -0.25) is 0 Å². The van der Waals surface area contributed by atoms with Crippen LogP contribution in [0.5, 0.6) is 0 Å². The van der Waals surface area contributed by atoms with Crippen molar-refractivity contribution in [3.8, 4) is 0 Å². The second-order valence-electron chi connectivity index (χ2n) is 26.8. The number of fused-ring (bicyclic) bond motifs is 8. The van der Waals surface area contributed by atoms with Crippen molar-refractivity contribution >= 4 is 62.7 Å². The molecular weight excluding hydrogens is 787 g/mol. The number of anilines is 5. The Bertz CT molecular complexity index is 2890. The fraction of sp³-hybridized carbons (Fsp3) is 0.508. The fourth-order valence-electron chi connectivity index (χ4n) is 12.4. The van der Waals surface area contributed by atoms with Gasteiger partial charge in [-0.15, -0.1) is 0 Å². The van der Waals surface area contributed by atoms with Crippen molar-refractivity contribution in [1.82, 2.24) is 0 Å². The smallest absolute Gasteiger partial charge is 0.297 e. The predicted octanol–water partition coefficient (Wildman–Crippen LogP) is 15.1. The third-order valence-electron chi connectivity index (χ3n) is 17.1. The molecule has 0 amide bonds. The summed E-state index contributed by atoms with van der Waals surface area (Å²) < 4.78 is 7.48. The number of hydrogen-bond acceptors (Lipinski definition) is 3. The summed E-state index contributed by atoms with van der Waals surface area (Å²) in [6.07, 6.45) is 13.1. The maximum atomic E-state index is 7.48. The predicted molar refractivity (Wildman–Crippen MR) is 282 cm³/mol. The van der Waals surface area contributed by atoms with Crippen LogP contribution in [0.15, 0.2) is 82.8 Å². The normalized spacial score (nSPS) is 21.4. The van der Waals surface area contributed by atoms with Gasteiger partial charge in [-0.2, -0.15) is 0 Å². The van der Waals surface area contributed by atoms with Crippen molar-refractivity contribution in [3.63, 3.8) is 0 Å². The van der Waals surface area contributed by atoms with E-state index in [4.69, 9.17) is 4.42 Å². The van der Waals surface area contributed by atoms with Crippen LogP contribution in [0.3, 0.4) is 0 Å². The van der Waals surface area contributed by atoms with Crippen molar-refractivity contribution in [1.29, 1.82) is 0 Å². The van der Waals surface area contributed by atoms with E-state index in [1.807, 2.05) is 0 Å². The van der Waals surface area contributed by atoms with Crippen molar-refractivity contribution < 1.29 is 4.42 Å². The molecule has 0 bridgehead atoms. The maximum absolute atomic E-state index is 7.48. The monoisotopic (exact) mass is 865 g/mol. The Morgan fingerprint density at radius 3 is 1.66 bits per heavy atom. The molecule has 10 rings (SSSR count). The summed E-state index contributed by atoms with van der Waals surface area (Å²) >= 11 is 0. The van der Waals surface area contributed by atoms with Gasteiger partial charge in [0.05, 0.1) is 17.4 Å². The minimum Gasteiger partial charge on any atom is -0.468 e. The first-order chi connectivity index (χ1) is 30.0. The highest BCUT2D eigenvalue weighted by molar-refractivity contribution is 6.99. The number of hydrogen-bond donors (Lipinski definition) is 0. The standard InChI is InChI=1S/C61H77BN2O/c1-36-29-42-44(60(15,16)27-25-58(42,11)12)34-47(36)64-48-35-45-43(59(13,14)26-28-61(45,17)18)33-46(48)62-52-49(31-39(32-50(52)64)57(8,9)10)63(40-22-19-37(20-23-40)55(2,3)4)53-41-30-38(56(5,6)7)21-24-51(41)65-54(53)62/h19-22,24,29-35,40H,23,25-28H2,1-18H3. The highest BCUT2D eigenvalue weighted by atomic mass is 16.3. The van der Waals surface area contributed by atoms with E-state index in [-0.39, 0.29) is 50.7 Å². The Labute approximate surface area is 393 Å². The van der Waals surface area contributed by atoms with Crippen molar-refractivity contribution in [2.45, 2.75) is 195 Å². The van der Waals surface area contributed by atoms with Crippen LogP contribution in [0, 0.1) is 12.3 Å². The van der Waals surface area contributed by atoms with Crippen LogP contribution in [0.1, 0.15) is 189 Å². The third-order valence-corrected chi connectivity index (χ3v) is 17.1. The molecule has 3 nitrogen and oxygen atoms in total. The Kier molecular flexibility index (Phi) is 9.44. The van der Waals surface area contributed by atoms with Gasteiger partial charge in [0.1, 0.15) is 5.58 Å². The Morgan fingerprint density at radius 1 is 0.585 bits per heavy atom. The van der Waals surface area contributed by atoms with Crippen LogP contribution in [0.4, 0.5) is 28.4 Å². The highest BCUT2D eigenvalue weighted by Gasteiger charge is 2.50. The highest BCUT2D eigenvalue weighted by Crippen LogP contribution is 2.54. The molecule has 2 aliphatic heterocycles. The van der Waals surface area contributed by atoms with Gasteiger partial charge >= 0.3 is 0 Å². The van der Waals surface area contributed by atoms with Crippen LogP contribution < -0.4 is 26.4 Å². The summed E-state index contributed by atoms with van der Waals surface area (Å²) in [5.41, 5.74) is 23.0. The van der Waals surface area contributed by atoms with E-state index in [0.717, 1.165) is 17.7 Å². The number of furan rings is 1. The zero-order valence-electron chi connectivity index (χ0n) is 43.4. The van der Waals surface area contributed by atoms with E-state index in [1.54, 1.807) is 0 Å². The molecule has 1 unspecified atom stereocenters. The van der Waals surface area contributed by atoms with E-state index < -0.39 is 0 Å². The summed E-state index contributed by atoms with van der Waals surface area (Å²) in [6, 6.07) is 22.8. The molecule has 5 aromatic rings. The van der Waals surface area contributed by atoms with Gasteiger partial charge in [0.25, 0.3) is 6.71 Å². The van der Waals surface area contributed by atoms with Gasteiger partial charge in [0, 0.05) is 28.1 Å². The lowest BCUT2D eigenvalue weighted by atomic mass is 9.35. The van der Waals surface area contributed by atoms with Gasteiger partial charge in [-0.1, -0.05) is 154 Å². The molecular formula is C61H77BN2O. The first-order valence-electron chi connectivity index (χ1n) is 25.1. The van der Waals surface area contributed by atoms with Crippen molar-refractivity contribution in [2.24, 2.45) is 5.41 Å². The van der Waals surface area contributed by atoms with Gasteiger partial charge in [0.15, 0.2) is 0 Å². The van der Waals surface area contributed by atoms with Crippen LogP contribution in [0.25, 0.3) is 11.0 Å². The summed E-state index contributed by atoms with van der Waals surface area (Å²) in [5.74, 6) is 0. The summed E-state index contributed by atoms with van der Waals surface area (Å²) in [7, 11) is 0. The van der Waals surface area contributed by atoms with Crippen LogP contribution in [-0.2, 0) is 32.5 Å². The molecule has 0 saturated carbocycles. The maximum Gasteiger partial charge on any atom is 0.297 e. The minimum atomic E-state index is -0.0999.